The Morgan fingerprint density at radius 2 is 2.12 bits per heavy atom. The molecule has 2 unspecified atom stereocenters. The van der Waals surface area contributed by atoms with Gasteiger partial charge in [0.25, 0.3) is 5.91 Å². The standard InChI is InChI=1S/C20H21ClN2O3/c21-17-11-22-8-7-18(17)26-16-6-3-9-23(12-16)20(24)19-10-14-4-1-2-5-15(14)13-25-19/h1-2,4-5,7-8,11,16,19H,3,6,9-10,12-13H2. The van der Waals surface area contributed by atoms with Gasteiger partial charge in [0.05, 0.1) is 13.2 Å². The zero-order valence-electron chi connectivity index (χ0n) is 14.4. The maximum atomic E-state index is 12.9. The summed E-state index contributed by atoms with van der Waals surface area (Å²) >= 11 is 6.12. The van der Waals surface area contributed by atoms with Gasteiger partial charge < -0.3 is 14.4 Å². The third-order valence-electron chi connectivity index (χ3n) is 4.96. The number of hydrogen-bond acceptors (Lipinski definition) is 4. The number of piperidine rings is 1. The van der Waals surface area contributed by atoms with Gasteiger partial charge in [0.15, 0.2) is 0 Å². The van der Waals surface area contributed by atoms with Crippen LogP contribution in [0, 0.1) is 0 Å². The van der Waals surface area contributed by atoms with Gasteiger partial charge in [-0.15, -0.1) is 0 Å². The first-order chi connectivity index (χ1) is 12.7. The molecular weight excluding hydrogens is 352 g/mol. The van der Waals surface area contributed by atoms with E-state index in [0.29, 0.717) is 30.3 Å². The number of rotatable bonds is 3. The van der Waals surface area contributed by atoms with Crippen LogP contribution in [-0.2, 0) is 22.6 Å². The SMILES string of the molecule is O=C(C1Cc2ccccc2CO1)N1CCCC(Oc2ccncc2Cl)C1. The molecule has 6 heteroatoms. The average Bonchev–Trinajstić information content (AvgIpc) is 2.69. The van der Waals surface area contributed by atoms with Crippen LogP contribution in [0.5, 0.6) is 5.75 Å². The minimum absolute atomic E-state index is 0.0497. The van der Waals surface area contributed by atoms with Gasteiger partial charge >= 0.3 is 0 Å². The van der Waals surface area contributed by atoms with Crippen LogP contribution in [0.3, 0.4) is 0 Å². The number of nitrogens with zero attached hydrogens (tertiary/aromatic N) is 2. The molecule has 2 aliphatic heterocycles. The Balaban J connectivity index is 1.40. The van der Waals surface area contributed by atoms with Crippen molar-refractivity contribution >= 4 is 17.5 Å². The number of fused-ring (bicyclic) bond motifs is 1. The van der Waals surface area contributed by atoms with Crippen molar-refractivity contribution in [2.45, 2.75) is 38.1 Å². The molecule has 1 aromatic heterocycles. The van der Waals surface area contributed by atoms with Crippen molar-refractivity contribution in [2.24, 2.45) is 0 Å². The van der Waals surface area contributed by atoms with E-state index >= 15 is 0 Å². The lowest BCUT2D eigenvalue weighted by Gasteiger charge is -2.36. The van der Waals surface area contributed by atoms with Crippen molar-refractivity contribution < 1.29 is 14.3 Å². The Kier molecular flexibility index (Phi) is 5.09. The summed E-state index contributed by atoms with van der Waals surface area (Å²) < 4.78 is 11.8. The molecule has 5 nitrogen and oxygen atoms in total. The third kappa shape index (κ3) is 3.69. The lowest BCUT2D eigenvalue weighted by atomic mass is 9.98. The van der Waals surface area contributed by atoms with Crippen LogP contribution < -0.4 is 4.74 Å². The normalized spacial score (nSPS) is 22.6. The second-order valence-electron chi connectivity index (χ2n) is 6.74. The molecule has 2 aromatic rings. The summed E-state index contributed by atoms with van der Waals surface area (Å²) in [6.07, 6.45) is 5.18. The summed E-state index contributed by atoms with van der Waals surface area (Å²) in [5.41, 5.74) is 2.37. The number of benzene rings is 1. The van der Waals surface area contributed by atoms with E-state index in [2.05, 4.69) is 17.1 Å². The number of hydrogen-bond donors (Lipinski definition) is 0. The molecule has 0 spiro atoms. The van der Waals surface area contributed by atoms with Crippen molar-refractivity contribution in [1.29, 1.82) is 0 Å². The van der Waals surface area contributed by atoms with E-state index in [1.807, 2.05) is 17.0 Å². The van der Waals surface area contributed by atoms with Gasteiger partial charge in [-0.1, -0.05) is 35.9 Å². The molecule has 1 saturated heterocycles. The van der Waals surface area contributed by atoms with Gasteiger partial charge in [-0.2, -0.15) is 0 Å². The van der Waals surface area contributed by atoms with Gasteiger partial charge in [0.2, 0.25) is 0 Å². The Hall–Kier alpha value is -2.11. The van der Waals surface area contributed by atoms with E-state index in [1.165, 1.54) is 11.1 Å². The summed E-state index contributed by atoms with van der Waals surface area (Å²) in [6.45, 7) is 1.79. The number of carbonyl (C=O) groups excluding carboxylic acids is 1. The van der Waals surface area contributed by atoms with Crippen molar-refractivity contribution in [3.63, 3.8) is 0 Å². The van der Waals surface area contributed by atoms with Gasteiger partial charge in [0.1, 0.15) is 23.0 Å². The van der Waals surface area contributed by atoms with E-state index in [4.69, 9.17) is 21.1 Å². The lowest BCUT2D eigenvalue weighted by Crippen LogP contribution is -2.49. The van der Waals surface area contributed by atoms with E-state index in [1.54, 1.807) is 18.5 Å². The number of ether oxygens (including phenoxy) is 2. The number of pyridine rings is 1. The molecule has 4 rings (SSSR count). The molecule has 0 N–H and O–H groups in total. The lowest BCUT2D eigenvalue weighted by molar-refractivity contribution is -0.148. The zero-order chi connectivity index (χ0) is 17.9. The third-order valence-corrected chi connectivity index (χ3v) is 5.24. The molecule has 136 valence electrons. The Morgan fingerprint density at radius 3 is 2.96 bits per heavy atom. The molecule has 0 aliphatic carbocycles. The van der Waals surface area contributed by atoms with Crippen molar-refractivity contribution in [2.75, 3.05) is 13.1 Å². The van der Waals surface area contributed by atoms with Gasteiger partial charge in [-0.3, -0.25) is 9.78 Å². The number of carbonyl (C=O) groups is 1. The molecule has 1 amide bonds. The van der Waals surface area contributed by atoms with E-state index in [9.17, 15) is 4.79 Å². The highest BCUT2D eigenvalue weighted by Crippen LogP contribution is 2.27. The monoisotopic (exact) mass is 372 g/mol. The smallest absolute Gasteiger partial charge is 0.252 e. The molecule has 0 saturated carbocycles. The number of likely N-dealkylation sites (tertiary alicyclic amines) is 1. The highest BCUT2D eigenvalue weighted by Gasteiger charge is 2.32. The van der Waals surface area contributed by atoms with Gasteiger partial charge in [0, 0.05) is 31.4 Å². The Morgan fingerprint density at radius 1 is 1.27 bits per heavy atom. The zero-order valence-corrected chi connectivity index (χ0v) is 15.2. The maximum absolute atomic E-state index is 12.9. The summed E-state index contributed by atoms with van der Waals surface area (Å²) in [5.74, 6) is 0.664. The van der Waals surface area contributed by atoms with Gasteiger partial charge in [-0.05, 0) is 24.0 Å². The van der Waals surface area contributed by atoms with Crippen molar-refractivity contribution in [3.8, 4) is 5.75 Å². The van der Waals surface area contributed by atoms with Crippen LogP contribution in [-0.4, -0.2) is 41.1 Å². The van der Waals surface area contributed by atoms with Crippen molar-refractivity contribution in [1.82, 2.24) is 9.88 Å². The minimum Gasteiger partial charge on any atom is -0.487 e. The average molecular weight is 373 g/mol. The van der Waals surface area contributed by atoms with Gasteiger partial charge in [-0.25, -0.2) is 0 Å². The summed E-state index contributed by atoms with van der Waals surface area (Å²) in [6, 6.07) is 9.89. The fraction of sp³-hybridized carbons (Fsp3) is 0.400. The van der Waals surface area contributed by atoms with E-state index in [0.717, 1.165) is 19.4 Å². The second kappa shape index (κ2) is 7.64. The highest BCUT2D eigenvalue weighted by atomic mass is 35.5. The quantitative estimate of drug-likeness (QED) is 0.830. The topological polar surface area (TPSA) is 51.7 Å². The summed E-state index contributed by atoms with van der Waals surface area (Å²) in [5, 5.41) is 0.489. The molecule has 26 heavy (non-hydrogen) atoms. The number of aromatic nitrogens is 1. The molecule has 2 aliphatic rings. The number of halogens is 1. The fourth-order valence-electron chi connectivity index (χ4n) is 3.58. The largest absolute Gasteiger partial charge is 0.487 e. The molecule has 0 bridgehead atoms. The summed E-state index contributed by atoms with van der Waals surface area (Å²) in [4.78, 5) is 18.8. The van der Waals surface area contributed by atoms with E-state index < -0.39 is 6.10 Å². The van der Waals surface area contributed by atoms with Crippen LogP contribution in [0.1, 0.15) is 24.0 Å². The fourth-order valence-corrected chi connectivity index (χ4v) is 3.74. The van der Waals surface area contributed by atoms with E-state index in [-0.39, 0.29) is 12.0 Å². The molecule has 3 heterocycles. The van der Waals surface area contributed by atoms with Crippen LogP contribution in [0.25, 0.3) is 0 Å². The predicted octanol–water partition coefficient (Wildman–Crippen LogP) is 3.25. The molecule has 1 aromatic carbocycles. The minimum atomic E-state index is -0.409. The van der Waals surface area contributed by atoms with Crippen LogP contribution >= 0.6 is 11.6 Å². The first-order valence-electron chi connectivity index (χ1n) is 8.94. The first-order valence-corrected chi connectivity index (χ1v) is 9.32. The van der Waals surface area contributed by atoms with Crippen molar-refractivity contribution in [3.05, 3.63) is 58.9 Å². The predicted molar refractivity (Wildman–Crippen MR) is 98.2 cm³/mol. The first kappa shape index (κ1) is 17.3. The molecule has 2 atom stereocenters. The molecular formula is C20H21ClN2O3. The summed E-state index contributed by atoms with van der Waals surface area (Å²) in [7, 11) is 0. The number of amides is 1. The second-order valence-corrected chi connectivity index (χ2v) is 7.15. The van der Waals surface area contributed by atoms with Crippen LogP contribution in [0.2, 0.25) is 5.02 Å². The highest BCUT2D eigenvalue weighted by molar-refractivity contribution is 6.31. The molecule has 0 radical (unpaired) electrons. The Labute approximate surface area is 157 Å². The Bertz CT molecular complexity index is 798. The maximum Gasteiger partial charge on any atom is 0.252 e. The molecule has 1 fully saturated rings. The van der Waals surface area contributed by atoms with Crippen LogP contribution in [0.15, 0.2) is 42.7 Å². The van der Waals surface area contributed by atoms with Crippen LogP contribution in [0.4, 0.5) is 0 Å².